The van der Waals surface area contributed by atoms with Crippen molar-refractivity contribution in [2.24, 2.45) is 14.1 Å². The number of nitrogens with zero attached hydrogens (tertiary/aromatic N) is 9. The molecule has 5 aliphatic rings. The summed E-state index contributed by atoms with van der Waals surface area (Å²) in [4.78, 5) is 92.0. The second-order valence-electron chi connectivity index (χ2n) is 38.0. The fourth-order valence-corrected chi connectivity index (χ4v) is 14.6. The number of carbonyl (C=O) groups is 4. The van der Waals surface area contributed by atoms with Crippen LogP contribution in [0, 0.1) is 0 Å². The summed E-state index contributed by atoms with van der Waals surface area (Å²) < 4.78 is 60.7. The number of halogens is 6. The Hall–Kier alpha value is -5.24. The molecule has 2 aromatic carbocycles. The molecule has 7 aromatic heterocycles. The molecule has 129 heavy (non-hydrogen) atoms. The fourth-order valence-electron chi connectivity index (χ4n) is 14.0. The SMILES string of the molecule is C.CC(=O)[O-].CC(C)(C)OC(=O)Cc1ccc(B2OC(C)(C)C(C)(C)O2)cn1.CC(C)(C)OC(=O)Cc1ccc(Br)cn1.CC(Cl)Cl.CC(Cl)Cl.CC1(C)OB(B2OC(C)(C)C(C)(C)O2)OC1(C)C.Cn1c(=O)n(C2CCC(O)CC2)c2c3cc(-c4ccc(CC(=O)OC(C)(C)C)nc4)ccc3ncc21.Cn1c(=O)n(C2CCC(O)CC2)c2c3cc(Br)ccc3ncc21.[K+]. The molecule has 3 saturated heterocycles. The molecule has 9 aromatic rings. The first-order valence-electron chi connectivity index (χ1n) is 42.5. The van der Waals surface area contributed by atoms with E-state index in [1.54, 1.807) is 74.1 Å². The Morgan fingerprint density at radius 2 is 0.775 bits per heavy atom. The van der Waals surface area contributed by atoms with Crippen molar-refractivity contribution in [2.75, 3.05) is 0 Å². The Labute approximate surface area is 840 Å². The molecular weight excluding hydrogens is 1890 g/mol. The molecule has 5 fully saturated rings. The Morgan fingerprint density at radius 3 is 1.09 bits per heavy atom. The van der Waals surface area contributed by atoms with Gasteiger partial charge in [0.15, 0.2) is 0 Å². The Morgan fingerprint density at radius 1 is 0.473 bits per heavy atom. The van der Waals surface area contributed by atoms with E-state index in [0.717, 1.165) is 115 Å². The zero-order valence-electron chi connectivity index (χ0n) is 79.0. The van der Waals surface area contributed by atoms with Gasteiger partial charge in [-0.15, -0.1) is 46.4 Å². The number of fused-ring (bicyclic) bond motifs is 6. The number of hydrogen-bond donors (Lipinski definition) is 2. The van der Waals surface area contributed by atoms with Crippen LogP contribution in [0.3, 0.4) is 0 Å². The summed E-state index contributed by atoms with van der Waals surface area (Å²) in [5.41, 5.74) is 6.19. The molecule has 27 nitrogen and oxygen atoms in total. The van der Waals surface area contributed by atoms with Crippen molar-refractivity contribution in [3.63, 3.8) is 0 Å². The third-order valence-electron chi connectivity index (χ3n) is 22.2. The number of aliphatic hydroxyl groups is 2. The van der Waals surface area contributed by atoms with Crippen LogP contribution in [-0.4, -0.2) is 171 Å². The van der Waals surface area contributed by atoms with E-state index in [1.807, 2.05) is 215 Å². The summed E-state index contributed by atoms with van der Waals surface area (Å²) in [6.07, 6.45) is 14.7. The van der Waals surface area contributed by atoms with Crippen LogP contribution in [0.25, 0.3) is 55.0 Å². The van der Waals surface area contributed by atoms with Gasteiger partial charge in [0.1, 0.15) is 26.5 Å². The zero-order valence-corrected chi connectivity index (χ0v) is 88.3. The first-order chi connectivity index (χ1) is 58.5. The molecule has 0 atom stereocenters. The van der Waals surface area contributed by atoms with Gasteiger partial charge >= 0.3 is 102 Å². The molecule has 0 amide bonds. The molecule has 37 heteroatoms. The van der Waals surface area contributed by atoms with Crippen LogP contribution in [0.15, 0.2) is 122 Å². The van der Waals surface area contributed by atoms with Gasteiger partial charge in [-0.1, -0.05) is 41.6 Å². The van der Waals surface area contributed by atoms with Gasteiger partial charge in [-0.25, -0.2) is 9.59 Å². The van der Waals surface area contributed by atoms with Crippen molar-refractivity contribution in [3.8, 4) is 11.1 Å². The van der Waals surface area contributed by atoms with Crippen LogP contribution in [0.4, 0.5) is 0 Å². The van der Waals surface area contributed by atoms with Crippen LogP contribution < -0.4 is 73.3 Å². The zero-order chi connectivity index (χ0) is 95.4. The normalized spacial score (nSPS) is 19.1. The van der Waals surface area contributed by atoms with E-state index in [0.29, 0.717) is 29.9 Å². The van der Waals surface area contributed by atoms with E-state index in [-0.39, 0.29) is 175 Å². The predicted octanol–water partition coefficient (Wildman–Crippen LogP) is 14.7. The first-order valence-corrected chi connectivity index (χ1v) is 45.8. The number of aromatic nitrogens is 9. The number of rotatable bonds is 11. The van der Waals surface area contributed by atoms with Crippen LogP contribution in [-0.2, 0) is 94.7 Å². The van der Waals surface area contributed by atoms with Gasteiger partial charge in [-0.05, 0) is 294 Å². The largest absolute Gasteiger partial charge is 1.00 e. The number of carbonyl (C=O) groups excluding carboxylic acids is 4. The standard InChI is InChI=1S/C28H32N4O4.C17H26BNO4.C17H18BrN3O2.C12H24B2O4.C11H14BrNO2.2C2H4Cl2.C2H4O2.CH4.K/c1-28(2,3)36-25(34)14-19-7-5-18(15-29-19)17-6-12-23-22(13-17)26-24(16-30-23)31(4)27(35)32(26)20-8-10-21(33)11-9-20;1-15(2,3)21-14(20)10-13-9-8-12(11-19-13)18-22-16(4,5)17(6,7)23-18;1-20-15-9-19-14-7-2-10(18)8-13(14)16(15)21(17(20)23)11-3-5-12(22)6-4-11;1-9(2)10(3,4)16-13(15-9)14-17-11(5,6)12(7,8)18-14;1-11(2,3)15-10(14)6-9-5-4-8(12)7-13-9;3*1-2(3)4;;/h5-7,12-13,15-16,20-21,33H,8-11,14H2,1-4H3;8-9,11H,10H2,1-7H3;2,7-9,11-12,22H,3-6H2,1H3;1-8H3;4-5,7H,6H2,1-3H3;2*2H,1H3;1H3,(H,3,4);1H4;/q;;;;;;;;;+1/p-1. The first kappa shape index (κ1) is 114. The van der Waals surface area contributed by atoms with E-state index in [4.69, 9.17) is 98.4 Å². The molecule has 2 N–H and O–H groups in total. The number of carboxylic acids is 1. The maximum atomic E-state index is 13.3. The average molecular weight is 2020 g/mol. The van der Waals surface area contributed by atoms with Gasteiger partial charge in [0.25, 0.3) is 0 Å². The van der Waals surface area contributed by atoms with Gasteiger partial charge in [0.05, 0.1) is 128 Å². The van der Waals surface area contributed by atoms with Gasteiger partial charge in [-0.3, -0.25) is 57.6 Å². The van der Waals surface area contributed by atoms with Crippen molar-refractivity contribution in [2.45, 2.75) is 329 Å². The van der Waals surface area contributed by atoms with E-state index in [9.17, 15) is 34.2 Å². The number of alkyl halides is 4. The molecule has 702 valence electrons. The summed E-state index contributed by atoms with van der Waals surface area (Å²) >= 11 is 27.0. The molecule has 0 bridgehead atoms. The molecule has 0 spiro atoms. The second kappa shape index (κ2) is 47.5. The van der Waals surface area contributed by atoms with Crippen molar-refractivity contribution >= 4 is 173 Å². The maximum absolute atomic E-state index is 13.3. The minimum atomic E-state index is -1.08. The van der Waals surface area contributed by atoms with Crippen LogP contribution in [0.5, 0.6) is 0 Å². The van der Waals surface area contributed by atoms with Gasteiger partial charge in [0, 0.05) is 81.5 Å². The Balaban J connectivity index is 0.000000283. The van der Waals surface area contributed by atoms with Crippen molar-refractivity contribution < 1.29 is 128 Å². The number of carboxylic acid groups (broad SMARTS) is 1. The van der Waals surface area contributed by atoms with Gasteiger partial charge in [-0.2, -0.15) is 0 Å². The molecule has 10 heterocycles. The van der Waals surface area contributed by atoms with Crippen LogP contribution >= 0.6 is 78.3 Å². The van der Waals surface area contributed by atoms with Crippen molar-refractivity contribution in [1.82, 2.24) is 43.2 Å². The van der Waals surface area contributed by atoms with Crippen molar-refractivity contribution in [3.05, 3.63) is 151 Å². The Bertz CT molecular complexity index is 5260. The number of aryl methyl sites for hydroxylation is 2. The minimum absolute atomic E-state index is 0. The average Bonchev–Trinajstić information content (AvgIpc) is 1.60. The van der Waals surface area contributed by atoms with Crippen molar-refractivity contribution in [1.29, 1.82) is 0 Å². The van der Waals surface area contributed by atoms with E-state index in [1.165, 1.54) is 0 Å². The summed E-state index contributed by atoms with van der Waals surface area (Å²) in [5.74, 6) is -1.93. The summed E-state index contributed by atoms with van der Waals surface area (Å²) in [7, 11) is 2.18. The fraction of sp³-hybridized carbons (Fsp3) is 0.576. The minimum Gasteiger partial charge on any atom is -0.550 e. The number of ether oxygens (including phenoxy) is 3. The van der Waals surface area contributed by atoms with E-state index < -0.39 is 43.9 Å². The maximum Gasteiger partial charge on any atom is 1.00 e. The molecule has 2 saturated carbocycles. The quantitative estimate of drug-likeness (QED) is 0.0526. The van der Waals surface area contributed by atoms with Crippen LogP contribution in [0.1, 0.15) is 254 Å². The molecule has 0 radical (unpaired) electrons. The molecule has 14 rings (SSSR count). The molecule has 2 aliphatic carbocycles. The second-order valence-corrected chi connectivity index (χ2v) is 42.9. The van der Waals surface area contributed by atoms with Gasteiger partial charge < -0.3 is 62.3 Å². The number of imidazole rings is 2. The monoisotopic (exact) mass is 2020 g/mol. The predicted molar refractivity (Wildman–Crippen MR) is 515 cm³/mol. The number of aliphatic hydroxyl groups excluding tert-OH is 2. The number of pyridine rings is 5. The third-order valence-corrected chi connectivity index (χ3v) is 23.1. The summed E-state index contributed by atoms with van der Waals surface area (Å²) in [6, 6.07) is 23.3. The Kier molecular flexibility index (Phi) is 42.1. The third kappa shape index (κ3) is 33.0. The number of benzene rings is 2. The molecule has 0 unspecified atom stereocenters. The smallest absolute Gasteiger partial charge is 0.550 e. The van der Waals surface area contributed by atoms with E-state index >= 15 is 0 Å². The number of hydrogen-bond acceptors (Lipinski definition) is 23. The number of aliphatic carboxylic acids is 1. The summed E-state index contributed by atoms with van der Waals surface area (Å²) in [5, 5.41) is 30.5. The van der Waals surface area contributed by atoms with Crippen LogP contribution in [0.2, 0.25) is 0 Å². The molecule has 3 aliphatic heterocycles. The van der Waals surface area contributed by atoms with E-state index in [2.05, 4.69) is 62.8 Å². The summed E-state index contributed by atoms with van der Waals surface area (Å²) in [6.45, 7) is 45.2. The molecular formula is C92H129B3Br2Cl4KN9O18. The topological polar surface area (TPSA) is 333 Å². The van der Waals surface area contributed by atoms with Gasteiger partial charge in [0.2, 0.25) is 0 Å². The number of esters is 3.